The van der Waals surface area contributed by atoms with Crippen LogP contribution < -0.4 is 4.90 Å². The summed E-state index contributed by atoms with van der Waals surface area (Å²) in [5.41, 5.74) is 0.840. The fourth-order valence-corrected chi connectivity index (χ4v) is 1.93. The minimum atomic E-state index is -0.297. The standard InChI is InChI=1S/C14H19N5O2/c1-4-21-13(20)10-18(11(2)3)14-15-16-17-19(14)12-8-6-5-7-9-12/h5-9,11H,4,10H2,1-3H3. The van der Waals surface area contributed by atoms with Crippen molar-refractivity contribution in [1.82, 2.24) is 20.2 Å². The van der Waals surface area contributed by atoms with Gasteiger partial charge in [-0.1, -0.05) is 23.3 Å². The van der Waals surface area contributed by atoms with Crippen LogP contribution in [0.2, 0.25) is 0 Å². The van der Waals surface area contributed by atoms with Crippen molar-refractivity contribution in [1.29, 1.82) is 0 Å². The van der Waals surface area contributed by atoms with E-state index in [1.165, 1.54) is 0 Å². The second kappa shape index (κ2) is 6.83. The Hall–Kier alpha value is -2.44. The number of benzene rings is 1. The van der Waals surface area contributed by atoms with Crippen molar-refractivity contribution >= 4 is 11.9 Å². The number of hydrogen-bond acceptors (Lipinski definition) is 6. The Morgan fingerprint density at radius 2 is 2.05 bits per heavy atom. The van der Waals surface area contributed by atoms with Crippen LogP contribution in [0, 0.1) is 0 Å². The Kier molecular flexibility index (Phi) is 4.86. The number of para-hydroxylation sites is 1. The van der Waals surface area contributed by atoms with E-state index in [1.807, 2.05) is 49.1 Å². The molecule has 0 aliphatic heterocycles. The van der Waals surface area contributed by atoms with Gasteiger partial charge in [0.05, 0.1) is 12.3 Å². The molecule has 0 bridgehead atoms. The van der Waals surface area contributed by atoms with Crippen LogP contribution in [0.1, 0.15) is 20.8 Å². The minimum absolute atomic E-state index is 0.0582. The average Bonchev–Trinajstić information content (AvgIpc) is 2.94. The highest BCUT2D eigenvalue weighted by atomic mass is 16.5. The van der Waals surface area contributed by atoms with E-state index in [4.69, 9.17) is 4.74 Å². The van der Waals surface area contributed by atoms with E-state index in [0.29, 0.717) is 12.6 Å². The topological polar surface area (TPSA) is 73.1 Å². The van der Waals surface area contributed by atoms with Gasteiger partial charge < -0.3 is 9.64 Å². The number of ether oxygens (including phenoxy) is 1. The summed E-state index contributed by atoms with van der Waals surface area (Å²) >= 11 is 0. The molecule has 0 aliphatic carbocycles. The highest BCUT2D eigenvalue weighted by Gasteiger charge is 2.22. The first-order chi connectivity index (χ1) is 10.1. The van der Waals surface area contributed by atoms with Gasteiger partial charge in [-0.25, -0.2) is 0 Å². The summed E-state index contributed by atoms with van der Waals surface area (Å²) < 4.78 is 6.62. The van der Waals surface area contributed by atoms with Crippen LogP contribution in [0.4, 0.5) is 5.95 Å². The van der Waals surface area contributed by atoms with Gasteiger partial charge in [0.15, 0.2) is 0 Å². The van der Waals surface area contributed by atoms with E-state index >= 15 is 0 Å². The van der Waals surface area contributed by atoms with Gasteiger partial charge in [0.1, 0.15) is 6.54 Å². The van der Waals surface area contributed by atoms with E-state index in [0.717, 1.165) is 5.69 Å². The lowest BCUT2D eigenvalue weighted by molar-refractivity contribution is -0.141. The fourth-order valence-electron chi connectivity index (χ4n) is 1.93. The van der Waals surface area contributed by atoms with Gasteiger partial charge in [-0.05, 0) is 43.3 Å². The summed E-state index contributed by atoms with van der Waals surface area (Å²) in [4.78, 5) is 13.6. The van der Waals surface area contributed by atoms with Crippen molar-refractivity contribution in [3.05, 3.63) is 30.3 Å². The number of tetrazole rings is 1. The number of esters is 1. The molecule has 112 valence electrons. The van der Waals surface area contributed by atoms with E-state index in [1.54, 1.807) is 11.6 Å². The molecule has 7 heteroatoms. The molecule has 0 saturated heterocycles. The molecule has 1 heterocycles. The maximum absolute atomic E-state index is 11.8. The van der Waals surface area contributed by atoms with Crippen LogP contribution >= 0.6 is 0 Å². The molecule has 0 saturated carbocycles. The zero-order chi connectivity index (χ0) is 15.2. The smallest absolute Gasteiger partial charge is 0.325 e. The third-order valence-electron chi connectivity index (χ3n) is 2.94. The van der Waals surface area contributed by atoms with E-state index < -0.39 is 0 Å². The Morgan fingerprint density at radius 1 is 1.33 bits per heavy atom. The Bertz CT molecular complexity index is 582. The van der Waals surface area contributed by atoms with Crippen LogP contribution in [0.5, 0.6) is 0 Å². The van der Waals surface area contributed by atoms with Crippen LogP contribution in [0.15, 0.2) is 30.3 Å². The third-order valence-corrected chi connectivity index (χ3v) is 2.94. The van der Waals surface area contributed by atoms with Gasteiger partial charge in [-0.15, -0.1) is 0 Å². The van der Waals surface area contributed by atoms with Crippen molar-refractivity contribution in [2.75, 3.05) is 18.1 Å². The second-order valence-corrected chi connectivity index (χ2v) is 4.75. The molecule has 0 spiro atoms. The molecule has 0 N–H and O–H groups in total. The Morgan fingerprint density at radius 3 is 2.67 bits per heavy atom. The van der Waals surface area contributed by atoms with Crippen LogP contribution in [-0.4, -0.2) is 45.4 Å². The molecular formula is C14H19N5O2. The number of hydrogen-bond donors (Lipinski definition) is 0. The fraction of sp³-hybridized carbons (Fsp3) is 0.429. The van der Waals surface area contributed by atoms with E-state index in [2.05, 4.69) is 15.5 Å². The molecule has 0 atom stereocenters. The first kappa shape index (κ1) is 15.0. The molecular weight excluding hydrogens is 270 g/mol. The molecule has 1 aromatic carbocycles. The van der Waals surface area contributed by atoms with Gasteiger partial charge in [0, 0.05) is 6.04 Å². The zero-order valence-corrected chi connectivity index (χ0v) is 12.4. The Balaban J connectivity index is 2.30. The SMILES string of the molecule is CCOC(=O)CN(c1nnnn1-c1ccccc1)C(C)C. The summed E-state index contributed by atoms with van der Waals surface area (Å²) in [5, 5.41) is 11.8. The highest BCUT2D eigenvalue weighted by Crippen LogP contribution is 2.17. The first-order valence-corrected chi connectivity index (χ1v) is 6.89. The first-order valence-electron chi connectivity index (χ1n) is 6.89. The minimum Gasteiger partial charge on any atom is -0.465 e. The second-order valence-electron chi connectivity index (χ2n) is 4.75. The molecule has 1 aromatic heterocycles. The number of rotatable bonds is 6. The third kappa shape index (κ3) is 3.56. The van der Waals surface area contributed by atoms with Gasteiger partial charge >= 0.3 is 5.97 Å². The maximum atomic E-state index is 11.8. The largest absolute Gasteiger partial charge is 0.465 e. The summed E-state index contributed by atoms with van der Waals surface area (Å²) in [7, 11) is 0. The normalized spacial score (nSPS) is 10.7. The average molecular weight is 289 g/mol. The van der Waals surface area contributed by atoms with Crippen molar-refractivity contribution in [2.24, 2.45) is 0 Å². The van der Waals surface area contributed by atoms with Gasteiger partial charge in [0.25, 0.3) is 5.95 Å². The van der Waals surface area contributed by atoms with Crippen molar-refractivity contribution < 1.29 is 9.53 Å². The Labute approximate surface area is 123 Å². The zero-order valence-electron chi connectivity index (χ0n) is 12.4. The predicted octanol–water partition coefficient (Wildman–Crippen LogP) is 1.44. The lowest BCUT2D eigenvalue weighted by Gasteiger charge is -2.25. The van der Waals surface area contributed by atoms with Crippen LogP contribution in [0.3, 0.4) is 0 Å². The summed E-state index contributed by atoms with van der Waals surface area (Å²) in [6.07, 6.45) is 0. The number of aromatic nitrogens is 4. The van der Waals surface area contributed by atoms with Crippen LogP contribution in [-0.2, 0) is 9.53 Å². The summed E-state index contributed by atoms with van der Waals surface area (Å²) in [5.74, 6) is 0.220. The molecule has 7 nitrogen and oxygen atoms in total. The number of carbonyl (C=O) groups is 1. The maximum Gasteiger partial charge on any atom is 0.325 e. The molecule has 0 aliphatic rings. The molecule has 2 aromatic rings. The van der Waals surface area contributed by atoms with Gasteiger partial charge in [-0.3, -0.25) is 4.79 Å². The van der Waals surface area contributed by atoms with E-state index in [-0.39, 0.29) is 18.6 Å². The summed E-state index contributed by atoms with van der Waals surface area (Å²) in [6, 6.07) is 9.61. The van der Waals surface area contributed by atoms with Gasteiger partial charge in [0.2, 0.25) is 0 Å². The van der Waals surface area contributed by atoms with Crippen molar-refractivity contribution in [2.45, 2.75) is 26.8 Å². The number of anilines is 1. The number of nitrogens with zero attached hydrogens (tertiary/aromatic N) is 5. The van der Waals surface area contributed by atoms with Crippen LogP contribution in [0.25, 0.3) is 5.69 Å². The van der Waals surface area contributed by atoms with E-state index in [9.17, 15) is 4.79 Å². The van der Waals surface area contributed by atoms with Crippen molar-refractivity contribution in [3.63, 3.8) is 0 Å². The summed E-state index contributed by atoms with van der Waals surface area (Å²) in [6.45, 7) is 6.20. The predicted molar refractivity (Wildman–Crippen MR) is 78.3 cm³/mol. The number of carbonyl (C=O) groups excluding carboxylic acids is 1. The van der Waals surface area contributed by atoms with Crippen molar-refractivity contribution in [3.8, 4) is 5.69 Å². The monoisotopic (exact) mass is 289 g/mol. The molecule has 21 heavy (non-hydrogen) atoms. The molecule has 2 rings (SSSR count). The molecule has 0 amide bonds. The highest BCUT2D eigenvalue weighted by molar-refractivity contribution is 5.75. The molecule has 0 radical (unpaired) electrons. The molecule has 0 unspecified atom stereocenters. The quantitative estimate of drug-likeness (QED) is 0.749. The molecule has 0 fully saturated rings. The lowest BCUT2D eigenvalue weighted by atomic mass is 10.3. The van der Waals surface area contributed by atoms with Gasteiger partial charge in [-0.2, -0.15) is 4.68 Å². The lowest BCUT2D eigenvalue weighted by Crippen LogP contribution is -2.38.